The molecule has 148 valence electrons. The van der Waals surface area contributed by atoms with Gasteiger partial charge in [0.1, 0.15) is 5.01 Å². The molecular weight excluding hydrogens is 408 g/mol. The highest BCUT2D eigenvalue weighted by atomic mass is 32.2. The predicted octanol–water partition coefficient (Wildman–Crippen LogP) is 4.95. The Morgan fingerprint density at radius 3 is 2.72 bits per heavy atom. The average molecular weight is 427 g/mol. The summed E-state index contributed by atoms with van der Waals surface area (Å²) in [5.41, 5.74) is 2.79. The molecule has 0 saturated heterocycles. The number of pyridine rings is 1. The van der Waals surface area contributed by atoms with Crippen molar-refractivity contribution in [3.8, 4) is 33.5 Å². The van der Waals surface area contributed by atoms with Gasteiger partial charge in [0.2, 0.25) is 5.89 Å². The predicted molar refractivity (Wildman–Crippen MR) is 112 cm³/mol. The van der Waals surface area contributed by atoms with Gasteiger partial charge in [-0.15, -0.1) is 21.5 Å². The van der Waals surface area contributed by atoms with Crippen LogP contribution in [0.5, 0.6) is 11.5 Å². The molecule has 0 fully saturated rings. The summed E-state index contributed by atoms with van der Waals surface area (Å²) in [6.07, 6.45) is 3.39. The van der Waals surface area contributed by atoms with Crippen molar-refractivity contribution in [2.75, 3.05) is 13.7 Å². The first-order valence-corrected chi connectivity index (χ1v) is 10.8. The molecule has 0 aliphatic carbocycles. The molecule has 3 heterocycles. The summed E-state index contributed by atoms with van der Waals surface area (Å²) in [4.78, 5) is 8.70. The van der Waals surface area contributed by atoms with E-state index in [4.69, 9.17) is 18.9 Å². The van der Waals surface area contributed by atoms with Crippen LogP contribution in [0.2, 0.25) is 0 Å². The highest BCUT2D eigenvalue weighted by molar-refractivity contribution is 7.98. The summed E-state index contributed by atoms with van der Waals surface area (Å²) in [7, 11) is 1.64. The SMILES string of the molecule is CCOc1ccc(-c2nc(CSc3nnc(-c4ccncc4)o3)cs2)cc1OC. The van der Waals surface area contributed by atoms with Crippen molar-refractivity contribution in [2.45, 2.75) is 17.9 Å². The molecule has 0 spiro atoms. The van der Waals surface area contributed by atoms with Gasteiger partial charge in [-0.3, -0.25) is 4.98 Å². The molecule has 0 aliphatic rings. The monoisotopic (exact) mass is 426 g/mol. The molecule has 0 aliphatic heterocycles. The van der Waals surface area contributed by atoms with Crippen LogP contribution in [0.15, 0.2) is 57.7 Å². The number of ether oxygens (including phenoxy) is 2. The molecule has 3 aromatic heterocycles. The van der Waals surface area contributed by atoms with Crippen molar-refractivity contribution in [1.29, 1.82) is 0 Å². The fraction of sp³-hybridized carbons (Fsp3) is 0.200. The first-order valence-electron chi connectivity index (χ1n) is 8.89. The third kappa shape index (κ3) is 4.57. The molecule has 0 radical (unpaired) electrons. The summed E-state index contributed by atoms with van der Waals surface area (Å²) in [6.45, 7) is 2.54. The number of rotatable bonds is 8. The van der Waals surface area contributed by atoms with Gasteiger partial charge in [-0.25, -0.2) is 4.98 Å². The molecule has 4 rings (SSSR count). The number of aromatic nitrogens is 4. The van der Waals surface area contributed by atoms with Gasteiger partial charge >= 0.3 is 0 Å². The zero-order valence-electron chi connectivity index (χ0n) is 15.9. The van der Waals surface area contributed by atoms with Crippen molar-refractivity contribution < 1.29 is 13.9 Å². The minimum Gasteiger partial charge on any atom is -0.493 e. The lowest BCUT2D eigenvalue weighted by molar-refractivity contribution is 0.311. The lowest BCUT2D eigenvalue weighted by Gasteiger charge is -2.09. The van der Waals surface area contributed by atoms with Crippen molar-refractivity contribution in [1.82, 2.24) is 20.2 Å². The fourth-order valence-corrected chi connectivity index (χ4v) is 4.17. The van der Waals surface area contributed by atoms with Gasteiger partial charge in [-0.05, 0) is 37.3 Å². The third-order valence-electron chi connectivity index (χ3n) is 3.94. The lowest BCUT2D eigenvalue weighted by atomic mass is 10.2. The van der Waals surface area contributed by atoms with Crippen LogP contribution >= 0.6 is 23.1 Å². The van der Waals surface area contributed by atoms with E-state index in [0.717, 1.165) is 27.6 Å². The maximum absolute atomic E-state index is 5.71. The lowest BCUT2D eigenvalue weighted by Crippen LogP contribution is -1.95. The largest absolute Gasteiger partial charge is 0.493 e. The van der Waals surface area contributed by atoms with Crippen LogP contribution < -0.4 is 9.47 Å². The summed E-state index contributed by atoms with van der Waals surface area (Å²) in [6, 6.07) is 9.51. The number of hydrogen-bond acceptors (Lipinski definition) is 9. The Balaban J connectivity index is 1.43. The third-order valence-corrected chi connectivity index (χ3v) is 5.73. The van der Waals surface area contributed by atoms with Crippen molar-refractivity contribution in [2.24, 2.45) is 0 Å². The Morgan fingerprint density at radius 1 is 1.07 bits per heavy atom. The van der Waals surface area contributed by atoms with Crippen LogP contribution in [0.4, 0.5) is 0 Å². The topological polar surface area (TPSA) is 83.2 Å². The second-order valence-electron chi connectivity index (χ2n) is 5.84. The second kappa shape index (κ2) is 9.06. The molecule has 7 nitrogen and oxygen atoms in total. The van der Waals surface area contributed by atoms with Gasteiger partial charge in [0.05, 0.1) is 19.4 Å². The van der Waals surface area contributed by atoms with E-state index in [1.54, 1.807) is 30.8 Å². The van der Waals surface area contributed by atoms with Gasteiger partial charge in [0, 0.05) is 34.7 Å². The Bertz CT molecular complexity index is 1080. The van der Waals surface area contributed by atoms with Crippen molar-refractivity contribution >= 4 is 23.1 Å². The summed E-state index contributed by atoms with van der Waals surface area (Å²) in [5.74, 6) is 2.55. The first-order chi connectivity index (χ1) is 14.3. The molecule has 29 heavy (non-hydrogen) atoms. The summed E-state index contributed by atoms with van der Waals surface area (Å²) in [5, 5.41) is 11.6. The van der Waals surface area contributed by atoms with E-state index in [0.29, 0.717) is 29.2 Å². The zero-order chi connectivity index (χ0) is 20.1. The molecule has 0 amide bonds. The molecule has 4 aromatic rings. The number of nitrogens with zero attached hydrogens (tertiary/aromatic N) is 4. The van der Waals surface area contributed by atoms with Gasteiger partial charge in [0.25, 0.3) is 5.22 Å². The van der Waals surface area contributed by atoms with Crippen LogP contribution in [-0.2, 0) is 5.75 Å². The normalized spacial score (nSPS) is 10.8. The Kier molecular flexibility index (Phi) is 6.06. The summed E-state index contributed by atoms with van der Waals surface area (Å²) < 4.78 is 16.7. The second-order valence-corrected chi connectivity index (χ2v) is 7.63. The molecule has 0 bridgehead atoms. The summed E-state index contributed by atoms with van der Waals surface area (Å²) >= 11 is 3.04. The van der Waals surface area contributed by atoms with Gasteiger partial charge < -0.3 is 13.9 Å². The average Bonchev–Trinajstić information content (AvgIpc) is 3.43. The van der Waals surface area contributed by atoms with E-state index in [2.05, 4.69) is 15.2 Å². The highest BCUT2D eigenvalue weighted by Crippen LogP contribution is 2.34. The minimum atomic E-state index is 0.482. The molecule has 9 heteroatoms. The standard InChI is InChI=1S/C20H18N4O3S2/c1-3-26-16-5-4-14(10-17(16)25-2)19-22-15(11-28-19)12-29-20-24-23-18(27-20)13-6-8-21-9-7-13/h4-11H,3,12H2,1-2H3. The number of thiazole rings is 1. The van der Waals surface area contributed by atoms with Crippen LogP contribution in [0.3, 0.4) is 0 Å². The van der Waals surface area contributed by atoms with Gasteiger partial charge in [0.15, 0.2) is 11.5 Å². The van der Waals surface area contributed by atoms with Crippen LogP contribution in [0, 0.1) is 0 Å². The Morgan fingerprint density at radius 2 is 1.93 bits per heavy atom. The maximum Gasteiger partial charge on any atom is 0.277 e. The number of hydrogen-bond donors (Lipinski definition) is 0. The molecule has 0 saturated carbocycles. The van der Waals surface area contributed by atoms with E-state index in [-0.39, 0.29) is 0 Å². The molecule has 0 N–H and O–H groups in total. The van der Waals surface area contributed by atoms with E-state index in [9.17, 15) is 0 Å². The molecular formula is C20H18N4O3S2. The zero-order valence-corrected chi connectivity index (χ0v) is 17.5. The molecule has 0 unspecified atom stereocenters. The first kappa shape index (κ1) is 19.4. The fourth-order valence-electron chi connectivity index (χ4n) is 2.60. The molecule has 0 atom stereocenters. The van der Waals surface area contributed by atoms with Crippen LogP contribution in [0.25, 0.3) is 22.0 Å². The Hall–Kier alpha value is -2.91. The van der Waals surface area contributed by atoms with Gasteiger partial charge in [-0.2, -0.15) is 0 Å². The number of methoxy groups -OCH3 is 1. The quantitative estimate of drug-likeness (QED) is 0.366. The number of thioether (sulfide) groups is 1. The highest BCUT2D eigenvalue weighted by Gasteiger charge is 2.12. The Labute approximate surface area is 176 Å². The number of benzene rings is 1. The van der Waals surface area contributed by atoms with E-state index >= 15 is 0 Å². The molecule has 1 aromatic carbocycles. The van der Waals surface area contributed by atoms with Crippen molar-refractivity contribution in [3.63, 3.8) is 0 Å². The van der Waals surface area contributed by atoms with Crippen LogP contribution in [-0.4, -0.2) is 33.9 Å². The minimum absolute atomic E-state index is 0.482. The van der Waals surface area contributed by atoms with Crippen molar-refractivity contribution in [3.05, 3.63) is 53.8 Å². The van der Waals surface area contributed by atoms with Gasteiger partial charge in [-0.1, -0.05) is 11.8 Å². The van der Waals surface area contributed by atoms with E-state index < -0.39 is 0 Å². The van der Waals surface area contributed by atoms with Crippen LogP contribution in [0.1, 0.15) is 12.6 Å². The maximum atomic E-state index is 5.71. The van der Waals surface area contributed by atoms with E-state index in [1.807, 2.05) is 42.6 Å². The smallest absolute Gasteiger partial charge is 0.277 e. The van der Waals surface area contributed by atoms with E-state index in [1.165, 1.54) is 11.8 Å².